The van der Waals surface area contributed by atoms with E-state index in [4.69, 9.17) is 4.98 Å². The molecular formula is C25H32N2OS. The van der Waals surface area contributed by atoms with Crippen LogP contribution in [0.3, 0.4) is 0 Å². The molecule has 4 heteroatoms. The van der Waals surface area contributed by atoms with Crippen LogP contribution in [-0.2, 0) is 11.8 Å². The number of hydrogen-bond acceptors (Lipinski definition) is 4. The number of nitrogens with zero attached hydrogens (tertiary/aromatic N) is 2. The van der Waals surface area contributed by atoms with Gasteiger partial charge in [0.1, 0.15) is 11.1 Å². The average molecular weight is 409 g/mol. The Kier molecular flexibility index (Phi) is 4.47. The van der Waals surface area contributed by atoms with Crippen LogP contribution in [0.1, 0.15) is 74.8 Å². The molecule has 4 aliphatic rings. The molecule has 1 aromatic rings. The van der Waals surface area contributed by atoms with Crippen LogP contribution in [0.2, 0.25) is 0 Å². The number of rotatable bonds is 1. The van der Waals surface area contributed by atoms with Gasteiger partial charge in [-0.3, -0.25) is 0 Å². The number of pyridine rings is 1. The number of aliphatic hydroxyl groups is 1. The molecule has 29 heavy (non-hydrogen) atoms. The van der Waals surface area contributed by atoms with Gasteiger partial charge < -0.3 is 5.11 Å². The molecule has 0 bridgehead atoms. The van der Waals surface area contributed by atoms with Gasteiger partial charge in [-0.2, -0.15) is 5.26 Å². The summed E-state index contributed by atoms with van der Waals surface area (Å²) >= 11 is 1.60. The largest absolute Gasteiger partial charge is 0.393 e. The molecule has 2 saturated carbocycles. The summed E-state index contributed by atoms with van der Waals surface area (Å²) in [6.07, 6.45) is 11.9. The van der Waals surface area contributed by atoms with Crippen molar-refractivity contribution in [2.24, 2.45) is 23.2 Å². The highest BCUT2D eigenvalue weighted by Gasteiger charge is 2.58. The number of aryl methyl sites for hydroxylation is 1. The Morgan fingerprint density at radius 1 is 1.17 bits per heavy atom. The normalized spacial score (nSPS) is 40.2. The molecule has 154 valence electrons. The van der Waals surface area contributed by atoms with E-state index in [1.54, 1.807) is 11.8 Å². The molecule has 1 heterocycles. The van der Waals surface area contributed by atoms with Gasteiger partial charge in [0.2, 0.25) is 0 Å². The van der Waals surface area contributed by atoms with Crippen LogP contribution in [-0.4, -0.2) is 22.5 Å². The van der Waals surface area contributed by atoms with Crippen LogP contribution >= 0.6 is 11.8 Å². The quantitative estimate of drug-likeness (QED) is 0.505. The zero-order chi connectivity index (χ0) is 20.6. The van der Waals surface area contributed by atoms with Crippen molar-refractivity contribution < 1.29 is 5.11 Å². The van der Waals surface area contributed by atoms with Gasteiger partial charge in [-0.25, -0.2) is 4.98 Å². The van der Waals surface area contributed by atoms with E-state index in [-0.39, 0.29) is 16.9 Å². The van der Waals surface area contributed by atoms with Gasteiger partial charge in [0.05, 0.1) is 11.7 Å². The molecule has 0 aromatic carbocycles. The molecule has 0 saturated heterocycles. The monoisotopic (exact) mass is 408 g/mol. The van der Waals surface area contributed by atoms with Crippen molar-refractivity contribution in [3.05, 3.63) is 34.0 Å². The van der Waals surface area contributed by atoms with E-state index in [2.05, 4.69) is 32.9 Å². The van der Waals surface area contributed by atoms with Crippen molar-refractivity contribution in [2.45, 2.75) is 82.3 Å². The zero-order valence-electron chi connectivity index (χ0n) is 18.1. The van der Waals surface area contributed by atoms with E-state index in [9.17, 15) is 10.4 Å². The average Bonchev–Trinajstić information content (AvgIpc) is 3.02. The number of aliphatic hydroxyl groups excluding tert-OH is 1. The van der Waals surface area contributed by atoms with E-state index in [1.807, 2.05) is 6.26 Å². The lowest BCUT2D eigenvalue weighted by molar-refractivity contribution is -0.0164. The first-order chi connectivity index (χ1) is 13.8. The molecule has 4 aliphatic carbocycles. The molecule has 0 radical (unpaired) electrons. The number of aromatic nitrogens is 1. The Balaban J connectivity index is 1.59. The summed E-state index contributed by atoms with van der Waals surface area (Å²) in [6, 6.07) is 2.51. The predicted octanol–water partition coefficient (Wildman–Crippen LogP) is 5.32. The van der Waals surface area contributed by atoms with Crippen molar-refractivity contribution >= 4 is 11.8 Å². The fraction of sp³-hybridized carbons (Fsp3) is 0.680. The van der Waals surface area contributed by atoms with Gasteiger partial charge in [-0.1, -0.05) is 25.5 Å². The predicted molar refractivity (Wildman–Crippen MR) is 117 cm³/mol. The Morgan fingerprint density at radius 3 is 2.66 bits per heavy atom. The smallest absolute Gasteiger partial charge is 0.114 e. The SMILES string of the molecule is CSc1nc(C)c2c(c1C#N)CC1C3CC=C4CC(O)CCC4(C)C3CCC21C. The topological polar surface area (TPSA) is 56.9 Å². The first-order valence-corrected chi connectivity index (χ1v) is 12.4. The molecule has 6 atom stereocenters. The Morgan fingerprint density at radius 2 is 1.93 bits per heavy atom. The van der Waals surface area contributed by atoms with Crippen LogP contribution in [0.5, 0.6) is 0 Å². The van der Waals surface area contributed by atoms with Crippen LogP contribution in [0.25, 0.3) is 0 Å². The highest BCUT2D eigenvalue weighted by atomic mass is 32.2. The second kappa shape index (κ2) is 6.59. The summed E-state index contributed by atoms with van der Waals surface area (Å²) in [5, 5.41) is 21.1. The van der Waals surface area contributed by atoms with Crippen LogP contribution in [0, 0.1) is 41.4 Å². The minimum atomic E-state index is -0.146. The number of allylic oxidation sites excluding steroid dienone is 1. The van der Waals surface area contributed by atoms with Crippen LogP contribution in [0.15, 0.2) is 16.7 Å². The van der Waals surface area contributed by atoms with Gasteiger partial charge in [0.15, 0.2) is 0 Å². The molecule has 0 aliphatic heterocycles. The number of nitriles is 1. The van der Waals surface area contributed by atoms with E-state index >= 15 is 0 Å². The van der Waals surface area contributed by atoms with Crippen molar-refractivity contribution in [3.8, 4) is 6.07 Å². The molecule has 1 aromatic heterocycles. The third-order valence-electron chi connectivity index (χ3n) is 9.22. The van der Waals surface area contributed by atoms with Crippen molar-refractivity contribution in [3.63, 3.8) is 0 Å². The van der Waals surface area contributed by atoms with Gasteiger partial charge in [-0.05, 0) is 97.8 Å². The van der Waals surface area contributed by atoms with E-state index in [1.165, 1.54) is 29.5 Å². The minimum absolute atomic E-state index is 0.145. The minimum Gasteiger partial charge on any atom is -0.393 e. The molecule has 5 rings (SSSR count). The first-order valence-electron chi connectivity index (χ1n) is 11.2. The number of hydrogen-bond donors (Lipinski definition) is 1. The molecule has 0 amide bonds. The van der Waals surface area contributed by atoms with Crippen LogP contribution < -0.4 is 0 Å². The Hall–Kier alpha value is -1.31. The van der Waals surface area contributed by atoms with Crippen molar-refractivity contribution in [1.29, 1.82) is 5.26 Å². The molecule has 2 fully saturated rings. The fourth-order valence-electron chi connectivity index (χ4n) is 7.83. The second-order valence-corrected chi connectivity index (χ2v) is 11.2. The molecule has 1 N–H and O–H groups in total. The third kappa shape index (κ3) is 2.56. The lowest BCUT2D eigenvalue weighted by atomic mass is 9.47. The van der Waals surface area contributed by atoms with E-state index in [0.717, 1.165) is 48.4 Å². The molecular weight excluding hydrogens is 376 g/mol. The van der Waals surface area contributed by atoms with Crippen molar-refractivity contribution in [1.82, 2.24) is 4.98 Å². The summed E-state index contributed by atoms with van der Waals surface area (Å²) in [6.45, 7) is 7.09. The van der Waals surface area contributed by atoms with Gasteiger partial charge >= 0.3 is 0 Å². The molecule has 3 nitrogen and oxygen atoms in total. The summed E-state index contributed by atoms with van der Waals surface area (Å²) in [4.78, 5) is 4.86. The maximum absolute atomic E-state index is 10.2. The lowest BCUT2D eigenvalue weighted by Crippen LogP contribution is -2.51. The van der Waals surface area contributed by atoms with Gasteiger partial charge in [0.25, 0.3) is 0 Å². The Bertz CT molecular complexity index is 947. The first kappa shape index (κ1) is 19.6. The maximum atomic E-state index is 10.2. The van der Waals surface area contributed by atoms with Gasteiger partial charge in [-0.15, -0.1) is 11.8 Å². The molecule has 0 spiro atoms. The summed E-state index contributed by atoms with van der Waals surface area (Å²) < 4.78 is 0. The highest BCUT2D eigenvalue weighted by molar-refractivity contribution is 7.98. The van der Waals surface area contributed by atoms with Crippen molar-refractivity contribution in [2.75, 3.05) is 6.26 Å². The van der Waals surface area contributed by atoms with E-state index in [0.29, 0.717) is 17.8 Å². The summed E-state index contributed by atoms with van der Waals surface area (Å²) in [7, 11) is 0. The number of thioether (sulfide) groups is 1. The van der Waals surface area contributed by atoms with E-state index < -0.39 is 0 Å². The third-order valence-corrected chi connectivity index (χ3v) is 9.90. The highest BCUT2D eigenvalue weighted by Crippen LogP contribution is 2.64. The lowest BCUT2D eigenvalue weighted by Gasteiger charge is -2.57. The number of fused-ring (bicyclic) bond motifs is 7. The second-order valence-electron chi connectivity index (χ2n) is 10.4. The van der Waals surface area contributed by atoms with Crippen LogP contribution in [0.4, 0.5) is 0 Å². The standard InChI is InChI=1S/C25H32N2OS/c1-14-22-18(19(13-26)23(27-14)29-4)12-21-17-6-5-15-11-16(28)7-9-24(15,2)20(17)8-10-25(21,22)3/h5,16-17,20-21,28H,6-12H2,1-4H3. The Labute approximate surface area is 179 Å². The summed E-state index contributed by atoms with van der Waals surface area (Å²) in [5.74, 6) is 1.98. The molecule has 6 unspecified atom stereocenters. The van der Waals surface area contributed by atoms with Gasteiger partial charge in [0, 0.05) is 5.69 Å². The summed E-state index contributed by atoms with van der Waals surface area (Å²) in [5.41, 5.74) is 6.61. The zero-order valence-corrected chi connectivity index (χ0v) is 18.9. The fourth-order valence-corrected chi connectivity index (χ4v) is 8.43. The maximum Gasteiger partial charge on any atom is 0.114 e.